The SMILES string of the molecule is COC(=O)c1cc(C(F)(F)F)ncc1-n1nccn1. The molecule has 0 aromatic carbocycles. The number of rotatable bonds is 2. The van der Waals surface area contributed by atoms with Gasteiger partial charge < -0.3 is 4.74 Å². The van der Waals surface area contributed by atoms with Crippen molar-refractivity contribution in [1.82, 2.24) is 20.0 Å². The summed E-state index contributed by atoms with van der Waals surface area (Å²) in [6.45, 7) is 0. The highest BCUT2D eigenvalue weighted by Crippen LogP contribution is 2.29. The molecule has 6 nitrogen and oxygen atoms in total. The summed E-state index contributed by atoms with van der Waals surface area (Å²) in [7, 11) is 1.07. The van der Waals surface area contributed by atoms with E-state index in [1.54, 1.807) is 0 Å². The summed E-state index contributed by atoms with van der Waals surface area (Å²) in [4.78, 5) is 15.8. The average Bonchev–Trinajstić information content (AvgIpc) is 2.89. The van der Waals surface area contributed by atoms with Crippen LogP contribution < -0.4 is 0 Å². The first kappa shape index (κ1) is 13.0. The zero-order valence-electron chi connectivity index (χ0n) is 9.55. The maximum absolute atomic E-state index is 12.6. The second kappa shape index (κ2) is 4.67. The molecule has 0 saturated carbocycles. The minimum Gasteiger partial charge on any atom is -0.465 e. The second-order valence-corrected chi connectivity index (χ2v) is 3.39. The van der Waals surface area contributed by atoms with Crippen molar-refractivity contribution in [2.24, 2.45) is 0 Å². The fourth-order valence-corrected chi connectivity index (χ4v) is 1.38. The van der Waals surface area contributed by atoms with Gasteiger partial charge in [0, 0.05) is 0 Å². The van der Waals surface area contributed by atoms with Gasteiger partial charge in [-0.3, -0.25) is 0 Å². The van der Waals surface area contributed by atoms with Gasteiger partial charge in [-0.15, -0.1) is 4.80 Å². The van der Waals surface area contributed by atoms with Crippen LogP contribution in [0.5, 0.6) is 0 Å². The fourth-order valence-electron chi connectivity index (χ4n) is 1.38. The molecule has 0 N–H and O–H groups in total. The van der Waals surface area contributed by atoms with E-state index in [1.165, 1.54) is 12.4 Å². The summed E-state index contributed by atoms with van der Waals surface area (Å²) in [6, 6.07) is 0.602. The molecule has 19 heavy (non-hydrogen) atoms. The standard InChI is InChI=1S/C10H7F3N4O2/c1-19-9(18)6-4-8(10(11,12)13)14-5-7(6)17-15-2-3-16-17/h2-5H,1H3. The molecule has 0 spiro atoms. The Kier molecular flexibility index (Phi) is 3.19. The van der Waals surface area contributed by atoms with Crippen molar-refractivity contribution in [3.05, 3.63) is 35.9 Å². The van der Waals surface area contributed by atoms with Gasteiger partial charge in [0.25, 0.3) is 0 Å². The number of alkyl halides is 3. The van der Waals surface area contributed by atoms with Gasteiger partial charge in [-0.25, -0.2) is 9.78 Å². The highest BCUT2D eigenvalue weighted by molar-refractivity contribution is 5.93. The lowest BCUT2D eigenvalue weighted by Gasteiger charge is -2.10. The van der Waals surface area contributed by atoms with Crippen molar-refractivity contribution in [2.75, 3.05) is 7.11 Å². The van der Waals surface area contributed by atoms with Gasteiger partial charge in [0.15, 0.2) is 0 Å². The van der Waals surface area contributed by atoms with Crippen LogP contribution in [0.1, 0.15) is 16.1 Å². The monoisotopic (exact) mass is 272 g/mol. The van der Waals surface area contributed by atoms with Gasteiger partial charge in [0.2, 0.25) is 0 Å². The van der Waals surface area contributed by atoms with Gasteiger partial charge in [-0.2, -0.15) is 23.4 Å². The molecular formula is C10H7F3N4O2. The van der Waals surface area contributed by atoms with Gasteiger partial charge in [0.05, 0.1) is 31.3 Å². The Bertz CT molecular complexity index is 595. The number of methoxy groups -OCH3 is 1. The Balaban J connectivity index is 2.59. The number of pyridine rings is 1. The number of hydrogen-bond donors (Lipinski definition) is 0. The molecule has 100 valence electrons. The van der Waals surface area contributed by atoms with Crippen LogP contribution in [0.25, 0.3) is 5.69 Å². The maximum atomic E-state index is 12.6. The minimum absolute atomic E-state index is 0.00449. The largest absolute Gasteiger partial charge is 0.465 e. The molecule has 9 heteroatoms. The van der Waals surface area contributed by atoms with E-state index < -0.39 is 17.8 Å². The molecule has 0 amide bonds. The quantitative estimate of drug-likeness (QED) is 0.774. The topological polar surface area (TPSA) is 69.9 Å². The van der Waals surface area contributed by atoms with Crippen molar-refractivity contribution in [3.8, 4) is 5.69 Å². The van der Waals surface area contributed by atoms with Crippen LogP contribution in [0, 0.1) is 0 Å². The summed E-state index contributed by atoms with van der Waals surface area (Å²) in [5.74, 6) is -0.930. The normalized spacial score (nSPS) is 11.4. The fraction of sp³-hybridized carbons (Fsp3) is 0.200. The van der Waals surface area contributed by atoms with Gasteiger partial charge in [-0.1, -0.05) is 0 Å². The van der Waals surface area contributed by atoms with Crippen molar-refractivity contribution < 1.29 is 22.7 Å². The second-order valence-electron chi connectivity index (χ2n) is 3.39. The molecule has 0 atom stereocenters. The molecule has 0 radical (unpaired) electrons. The highest BCUT2D eigenvalue weighted by atomic mass is 19.4. The van der Waals surface area contributed by atoms with Crippen LogP contribution in [0.2, 0.25) is 0 Å². The van der Waals surface area contributed by atoms with E-state index in [1.807, 2.05) is 0 Å². The molecule has 0 fully saturated rings. The van der Waals surface area contributed by atoms with E-state index in [0.717, 1.165) is 18.1 Å². The lowest BCUT2D eigenvalue weighted by molar-refractivity contribution is -0.141. The van der Waals surface area contributed by atoms with Crippen molar-refractivity contribution >= 4 is 5.97 Å². The van der Waals surface area contributed by atoms with Crippen molar-refractivity contribution in [2.45, 2.75) is 6.18 Å². The van der Waals surface area contributed by atoms with E-state index in [2.05, 4.69) is 19.9 Å². The number of esters is 1. The van der Waals surface area contributed by atoms with Gasteiger partial charge in [0.1, 0.15) is 11.4 Å². The molecular weight excluding hydrogens is 265 g/mol. The number of nitrogens with zero attached hydrogens (tertiary/aromatic N) is 4. The van der Waals surface area contributed by atoms with Gasteiger partial charge >= 0.3 is 12.1 Å². The third-order valence-corrected chi connectivity index (χ3v) is 2.21. The molecule has 0 saturated heterocycles. The van der Waals surface area contributed by atoms with Gasteiger partial charge in [-0.05, 0) is 6.07 Å². The molecule has 0 unspecified atom stereocenters. The Morgan fingerprint density at radius 2 is 1.95 bits per heavy atom. The number of aromatic nitrogens is 4. The molecule has 0 aliphatic heterocycles. The first-order valence-corrected chi connectivity index (χ1v) is 4.95. The molecule has 2 aromatic rings. The predicted molar refractivity (Wildman–Crippen MR) is 55.5 cm³/mol. The molecule has 2 aromatic heterocycles. The van der Waals surface area contributed by atoms with Crippen LogP contribution in [-0.2, 0) is 10.9 Å². The third-order valence-electron chi connectivity index (χ3n) is 2.21. The maximum Gasteiger partial charge on any atom is 0.433 e. The number of carbonyl (C=O) groups excluding carboxylic acids is 1. The molecule has 0 aliphatic rings. The lowest BCUT2D eigenvalue weighted by Crippen LogP contribution is -2.15. The molecule has 2 rings (SSSR count). The van der Waals surface area contributed by atoms with Crippen LogP contribution in [0.3, 0.4) is 0 Å². The third kappa shape index (κ3) is 2.54. The van der Waals surface area contributed by atoms with E-state index >= 15 is 0 Å². The molecule has 0 bridgehead atoms. The average molecular weight is 272 g/mol. The highest BCUT2D eigenvalue weighted by Gasteiger charge is 2.34. The Labute approximate surface area is 104 Å². The summed E-state index contributed by atoms with van der Waals surface area (Å²) in [6.07, 6.45) is -1.15. The number of hydrogen-bond acceptors (Lipinski definition) is 5. The minimum atomic E-state index is -4.65. The van der Waals surface area contributed by atoms with Crippen LogP contribution in [0.4, 0.5) is 13.2 Å². The summed E-state index contributed by atoms with van der Waals surface area (Å²) in [5, 5.41) is 7.46. The van der Waals surface area contributed by atoms with Crippen LogP contribution in [-0.4, -0.2) is 33.1 Å². The van der Waals surface area contributed by atoms with Crippen LogP contribution in [0.15, 0.2) is 24.7 Å². The summed E-state index contributed by atoms with van der Waals surface area (Å²) < 4.78 is 42.1. The number of halogens is 3. The molecule has 0 aliphatic carbocycles. The summed E-state index contributed by atoms with van der Waals surface area (Å²) in [5.41, 5.74) is -1.50. The summed E-state index contributed by atoms with van der Waals surface area (Å²) >= 11 is 0. The van der Waals surface area contributed by atoms with E-state index in [0.29, 0.717) is 6.07 Å². The van der Waals surface area contributed by atoms with Crippen molar-refractivity contribution in [1.29, 1.82) is 0 Å². The zero-order valence-corrected chi connectivity index (χ0v) is 9.55. The first-order valence-electron chi connectivity index (χ1n) is 4.95. The first-order chi connectivity index (χ1) is 8.93. The van der Waals surface area contributed by atoms with E-state index in [-0.39, 0.29) is 11.3 Å². The van der Waals surface area contributed by atoms with Crippen molar-refractivity contribution in [3.63, 3.8) is 0 Å². The van der Waals surface area contributed by atoms with E-state index in [9.17, 15) is 18.0 Å². The number of ether oxygens (including phenoxy) is 1. The zero-order chi connectivity index (χ0) is 14.0. The van der Waals surface area contributed by atoms with Crippen LogP contribution >= 0.6 is 0 Å². The smallest absolute Gasteiger partial charge is 0.433 e. The lowest BCUT2D eigenvalue weighted by atomic mass is 10.2. The van der Waals surface area contributed by atoms with E-state index in [4.69, 9.17) is 0 Å². The Morgan fingerprint density at radius 3 is 2.47 bits per heavy atom. The Morgan fingerprint density at radius 1 is 1.32 bits per heavy atom. The predicted octanol–water partition coefficient (Wildman–Crippen LogP) is 1.47. The number of carbonyl (C=O) groups is 1. The molecule has 2 heterocycles. The Hall–Kier alpha value is -2.45.